The molecule has 1 saturated heterocycles. The maximum atomic E-state index is 13.0. The minimum absolute atomic E-state index is 0.173. The molecule has 3 aromatic rings. The Morgan fingerprint density at radius 1 is 1.20 bits per heavy atom. The van der Waals surface area contributed by atoms with Crippen molar-refractivity contribution in [1.29, 1.82) is 5.26 Å². The van der Waals surface area contributed by atoms with E-state index in [0.717, 1.165) is 5.52 Å². The summed E-state index contributed by atoms with van der Waals surface area (Å²) in [7, 11) is -3.59. The van der Waals surface area contributed by atoms with Crippen molar-refractivity contribution in [3.63, 3.8) is 0 Å². The first-order valence-electron chi connectivity index (χ1n) is 9.73. The standard InChI is InChI=1S/C21H22N4O4S/c1-2-25-19-8-7-17(30(26,27)24-9-11-28-12-10-24)13-18(19)23-21(25)15-29-20-6-4-3-5-16(20)14-22/h3-8,13H,2,9-12,15H2,1H3. The highest BCUT2D eigenvalue weighted by molar-refractivity contribution is 7.89. The molecule has 2 aromatic carbocycles. The zero-order valence-electron chi connectivity index (χ0n) is 16.6. The third kappa shape index (κ3) is 3.77. The summed E-state index contributed by atoms with van der Waals surface area (Å²) >= 11 is 0. The van der Waals surface area contributed by atoms with Crippen LogP contribution in [0.25, 0.3) is 11.0 Å². The number of nitrogens with zero attached hydrogens (tertiary/aromatic N) is 4. The molecule has 0 spiro atoms. The Morgan fingerprint density at radius 2 is 1.97 bits per heavy atom. The van der Waals surface area contributed by atoms with Crippen molar-refractivity contribution >= 4 is 21.1 Å². The number of para-hydroxylation sites is 1. The smallest absolute Gasteiger partial charge is 0.243 e. The van der Waals surface area contributed by atoms with Gasteiger partial charge in [-0.15, -0.1) is 0 Å². The van der Waals surface area contributed by atoms with Gasteiger partial charge in [0.2, 0.25) is 10.0 Å². The van der Waals surface area contributed by atoms with Gasteiger partial charge in [-0.05, 0) is 37.3 Å². The maximum Gasteiger partial charge on any atom is 0.243 e. The van der Waals surface area contributed by atoms with E-state index in [0.29, 0.717) is 55.5 Å². The molecule has 0 bridgehead atoms. The highest BCUT2D eigenvalue weighted by atomic mass is 32.2. The molecule has 1 fully saturated rings. The number of aromatic nitrogens is 2. The van der Waals surface area contributed by atoms with Crippen LogP contribution in [0.2, 0.25) is 0 Å². The van der Waals surface area contributed by atoms with Gasteiger partial charge in [-0.3, -0.25) is 0 Å². The summed E-state index contributed by atoms with van der Waals surface area (Å²) in [5.74, 6) is 1.16. The minimum Gasteiger partial charge on any atom is -0.484 e. The van der Waals surface area contributed by atoms with Gasteiger partial charge in [0, 0.05) is 19.6 Å². The van der Waals surface area contributed by atoms with E-state index in [1.54, 1.807) is 36.4 Å². The number of hydrogen-bond donors (Lipinski definition) is 0. The fourth-order valence-corrected chi connectivity index (χ4v) is 4.97. The van der Waals surface area contributed by atoms with E-state index in [9.17, 15) is 13.7 Å². The van der Waals surface area contributed by atoms with Gasteiger partial charge in [0.05, 0.1) is 34.7 Å². The van der Waals surface area contributed by atoms with Crippen molar-refractivity contribution in [2.45, 2.75) is 25.0 Å². The first-order chi connectivity index (χ1) is 14.5. The van der Waals surface area contributed by atoms with Crippen molar-refractivity contribution in [3.05, 3.63) is 53.9 Å². The number of imidazole rings is 1. The van der Waals surface area contributed by atoms with E-state index in [2.05, 4.69) is 11.1 Å². The molecule has 4 rings (SSSR count). The topological polar surface area (TPSA) is 97.4 Å². The number of benzene rings is 2. The average molecular weight is 426 g/mol. The molecular weight excluding hydrogens is 404 g/mol. The van der Waals surface area contributed by atoms with Gasteiger partial charge in [-0.1, -0.05) is 12.1 Å². The van der Waals surface area contributed by atoms with Crippen molar-refractivity contribution < 1.29 is 17.9 Å². The third-order valence-electron chi connectivity index (χ3n) is 5.09. The molecular formula is C21H22N4O4S. The number of rotatable bonds is 6. The predicted octanol–water partition coefficient (Wildman–Crippen LogP) is 2.53. The number of hydrogen-bond acceptors (Lipinski definition) is 6. The van der Waals surface area contributed by atoms with Gasteiger partial charge >= 0.3 is 0 Å². The minimum atomic E-state index is -3.59. The quantitative estimate of drug-likeness (QED) is 0.601. The first kappa shape index (κ1) is 20.3. The molecule has 8 nitrogen and oxygen atoms in total. The predicted molar refractivity (Wildman–Crippen MR) is 110 cm³/mol. The zero-order valence-corrected chi connectivity index (χ0v) is 17.4. The fraction of sp³-hybridized carbons (Fsp3) is 0.333. The molecule has 0 unspecified atom stereocenters. The Hall–Kier alpha value is -2.93. The fourth-order valence-electron chi connectivity index (χ4n) is 3.55. The van der Waals surface area contributed by atoms with E-state index < -0.39 is 10.0 Å². The van der Waals surface area contributed by atoms with Crippen LogP contribution >= 0.6 is 0 Å². The molecule has 30 heavy (non-hydrogen) atoms. The largest absolute Gasteiger partial charge is 0.484 e. The molecule has 1 aliphatic rings. The molecule has 2 heterocycles. The average Bonchev–Trinajstić information content (AvgIpc) is 3.15. The molecule has 0 saturated carbocycles. The molecule has 0 N–H and O–H groups in total. The number of morpholine rings is 1. The van der Waals surface area contributed by atoms with Gasteiger partial charge in [-0.25, -0.2) is 13.4 Å². The lowest BCUT2D eigenvalue weighted by molar-refractivity contribution is 0.0730. The number of ether oxygens (including phenoxy) is 2. The van der Waals surface area contributed by atoms with E-state index >= 15 is 0 Å². The molecule has 9 heteroatoms. The lowest BCUT2D eigenvalue weighted by Crippen LogP contribution is -2.40. The molecule has 156 valence electrons. The summed E-state index contributed by atoms with van der Waals surface area (Å²) in [6, 6.07) is 14.1. The van der Waals surface area contributed by atoms with E-state index in [4.69, 9.17) is 9.47 Å². The third-order valence-corrected chi connectivity index (χ3v) is 6.98. The van der Waals surface area contributed by atoms with Gasteiger partial charge in [0.15, 0.2) is 0 Å². The highest BCUT2D eigenvalue weighted by Crippen LogP contribution is 2.25. The molecule has 0 atom stereocenters. The first-order valence-corrected chi connectivity index (χ1v) is 11.2. The summed E-state index contributed by atoms with van der Waals surface area (Å²) in [6.45, 7) is 4.32. The Labute approximate surface area is 175 Å². The zero-order chi connectivity index (χ0) is 21.1. The summed E-state index contributed by atoms with van der Waals surface area (Å²) in [5, 5.41) is 9.23. The Kier molecular flexibility index (Phi) is 5.72. The summed E-state index contributed by atoms with van der Waals surface area (Å²) in [6.07, 6.45) is 0. The van der Waals surface area contributed by atoms with Crippen LogP contribution in [0.3, 0.4) is 0 Å². The Bertz CT molecular complexity index is 1210. The van der Waals surface area contributed by atoms with Gasteiger partial charge in [0.25, 0.3) is 0 Å². The molecule has 1 aromatic heterocycles. The van der Waals surface area contributed by atoms with Crippen LogP contribution in [0.5, 0.6) is 5.75 Å². The normalized spacial score (nSPS) is 15.2. The lowest BCUT2D eigenvalue weighted by atomic mass is 10.2. The highest BCUT2D eigenvalue weighted by Gasteiger charge is 2.27. The summed E-state index contributed by atoms with van der Waals surface area (Å²) in [5.41, 5.74) is 1.89. The van der Waals surface area contributed by atoms with E-state index in [-0.39, 0.29) is 11.5 Å². The van der Waals surface area contributed by atoms with Crippen LogP contribution in [0.4, 0.5) is 0 Å². The second-order valence-electron chi connectivity index (χ2n) is 6.84. The number of fused-ring (bicyclic) bond motifs is 1. The van der Waals surface area contributed by atoms with Crippen LogP contribution in [0, 0.1) is 11.3 Å². The number of nitriles is 1. The van der Waals surface area contributed by atoms with Gasteiger partial charge in [-0.2, -0.15) is 9.57 Å². The van der Waals surface area contributed by atoms with E-state index in [1.165, 1.54) is 4.31 Å². The van der Waals surface area contributed by atoms with Crippen LogP contribution in [0.1, 0.15) is 18.3 Å². The van der Waals surface area contributed by atoms with Crippen molar-refractivity contribution in [3.8, 4) is 11.8 Å². The maximum absolute atomic E-state index is 13.0. The van der Waals surface area contributed by atoms with Crippen molar-refractivity contribution in [2.75, 3.05) is 26.3 Å². The molecule has 0 aliphatic carbocycles. The molecule has 0 amide bonds. The number of aryl methyl sites for hydroxylation is 1. The summed E-state index contributed by atoms with van der Waals surface area (Å²) < 4.78 is 40.4. The Balaban J connectivity index is 1.65. The monoisotopic (exact) mass is 426 g/mol. The van der Waals surface area contributed by atoms with Gasteiger partial charge in [0.1, 0.15) is 24.3 Å². The molecule has 1 aliphatic heterocycles. The van der Waals surface area contributed by atoms with Crippen LogP contribution < -0.4 is 4.74 Å². The van der Waals surface area contributed by atoms with Crippen LogP contribution in [0.15, 0.2) is 47.4 Å². The second-order valence-corrected chi connectivity index (χ2v) is 8.77. The number of sulfonamides is 1. The van der Waals surface area contributed by atoms with Gasteiger partial charge < -0.3 is 14.0 Å². The Morgan fingerprint density at radius 3 is 2.70 bits per heavy atom. The molecule has 0 radical (unpaired) electrons. The van der Waals surface area contributed by atoms with Crippen LogP contribution in [-0.2, 0) is 27.9 Å². The SMILES string of the molecule is CCn1c(COc2ccccc2C#N)nc2cc(S(=O)(=O)N3CCOCC3)ccc21. The van der Waals surface area contributed by atoms with Crippen LogP contribution in [-0.4, -0.2) is 48.6 Å². The van der Waals surface area contributed by atoms with Crippen molar-refractivity contribution in [2.24, 2.45) is 0 Å². The van der Waals surface area contributed by atoms with E-state index in [1.807, 2.05) is 17.6 Å². The second kappa shape index (κ2) is 8.44. The lowest BCUT2D eigenvalue weighted by Gasteiger charge is -2.26. The van der Waals surface area contributed by atoms with Crippen molar-refractivity contribution in [1.82, 2.24) is 13.9 Å². The summed E-state index contributed by atoms with van der Waals surface area (Å²) in [4.78, 5) is 4.84.